The molecule has 4 nitrogen and oxygen atoms in total. The van der Waals surface area contributed by atoms with E-state index in [4.69, 9.17) is 18.9 Å². The van der Waals surface area contributed by atoms with E-state index in [0.717, 1.165) is 35.8 Å². The van der Waals surface area contributed by atoms with Crippen LogP contribution in [-0.4, -0.2) is 21.0 Å². The number of hydrogen-bond donors (Lipinski definition) is 0. The normalized spacial score (nSPS) is 14.9. The predicted octanol–water partition coefficient (Wildman–Crippen LogP) is 4.49. The van der Waals surface area contributed by atoms with Crippen LogP contribution in [-0.2, 0) is 12.8 Å². The Kier molecular flexibility index (Phi) is 5.37. The minimum atomic E-state index is 0.323. The first kappa shape index (κ1) is 17.5. The predicted molar refractivity (Wildman–Crippen MR) is 97.8 cm³/mol. The van der Waals surface area contributed by atoms with Crippen LogP contribution >= 0.6 is 0 Å². The van der Waals surface area contributed by atoms with Crippen LogP contribution in [0, 0.1) is 11.8 Å². The molecule has 2 aromatic rings. The molecule has 0 aliphatic carbocycles. The number of fused-ring (bicyclic) bond motifs is 1. The van der Waals surface area contributed by atoms with Gasteiger partial charge in [-0.25, -0.2) is 0 Å². The third kappa shape index (κ3) is 4.01. The van der Waals surface area contributed by atoms with Crippen molar-refractivity contribution in [3.8, 4) is 23.0 Å². The zero-order valence-electron chi connectivity index (χ0n) is 15.4. The van der Waals surface area contributed by atoms with Crippen LogP contribution in [0.2, 0.25) is 0 Å². The lowest BCUT2D eigenvalue weighted by molar-refractivity contribution is 0.174. The maximum atomic E-state index is 5.48. The smallest absolute Gasteiger partial charge is 0.231 e. The highest BCUT2D eigenvalue weighted by Crippen LogP contribution is 2.34. The van der Waals surface area contributed by atoms with Crippen LogP contribution in [0.4, 0.5) is 0 Å². The van der Waals surface area contributed by atoms with Crippen LogP contribution in [0.1, 0.15) is 25.0 Å². The Morgan fingerprint density at radius 1 is 0.800 bits per heavy atom. The van der Waals surface area contributed by atoms with Crippen LogP contribution < -0.4 is 18.9 Å². The largest absolute Gasteiger partial charge is 0.493 e. The minimum absolute atomic E-state index is 0.323. The highest BCUT2D eigenvalue weighted by molar-refractivity contribution is 5.45. The number of hydrogen-bond acceptors (Lipinski definition) is 4. The van der Waals surface area contributed by atoms with Crippen molar-refractivity contribution in [2.75, 3.05) is 21.0 Å². The van der Waals surface area contributed by atoms with E-state index < -0.39 is 0 Å². The highest BCUT2D eigenvalue weighted by atomic mass is 16.7. The molecule has 4 heteroatoms. The van der Waals surface area contributed by atoms with E-state index in [1.807, 2.05) is 12.1 Å². The van der Waals surface area contributed by atoms with E-state index in [2.05, 4.69) is 38.1 Å². The molecule has 0 fully saturated rings. The summed E-state index contributed by atoms with van der Waals surface area (Å²) in [6.45, 7) is 4.93. The topological polar surface area (TPSA) is 36.9 Å². The summed E-state index contributed by atoms with van der Waals surface area (Å²) in [4.78, 5) is 0. The van der Waals surface area contributed by atoms with Gasteiger partial charge in [-0.3, -0.25) is 0 Å². The van der Waals surface area contributed by atoms with Gasteiger partial charge >= 0.3 is 0 Å². The second-order valence-corrected chi connectivity index (χ2v) is 6.74. The molecule has 3 rings (SSSR count). The molecule has 0 bridgehead atoms. The molecule has 0 saturated heterocycles. The second kappa shape index (κ2) is 7.68. The van der Waals surface area contributed by atoms with Gasteiger partial charge in [-0.1, -0.05) is 26.0 Å². The van der Waals surface area contributed by atoms with Crippen molar-refractivity contribution in [2.24, 2.45) is 11.8 Å². The van der Waals surface area contributed by atoms with Gasteiger partial charge in [-0.2, -0.15) is 0 Å². The van der Waals surface area contributed by atoms with Crippen molar-refractivity contribution in [1.29, 1.82) is 0 Å². The van der Waals surface area contributed by atoms with E-state index in [1.165, 1.54) is 11.1 Å². The van der Waals surface area contributed by atoms with Gasteiger partial charge in [0.25, 0.3) is 0 Å². The molecule has 134 valence electrons. The first-order valence-electron chi connectivity index (χ1n) is 8.70. The summed E-state index contributed by atoms with van der Waals surface area (Å²) in [5.74, 6) is 4.35. The Morgan fingerprint density at radius 2 is 1.40 bits per heavy atom. The summed E-state index contributed by atoms with van der Waals surface area (Å²) in [5, 5.41) is 0. The Bertz CT molecular complexity index is 726. The Morgan fingerprint density at radius 3 is 2.08 bits per heavy atom. The van der Waals surface area contributed by atoms with Gasteiger partial charge in [-0.05, 0) is 60.1 Å². The van der Waals surface area contributed by atoms with Crippen molar-refractivity contribution in [3.05, 3.63) is 47.5 Å². The number of rotatable bonds is 7. The van der Waals surface area contributed by atoms with Gasteiger partial charge in [-0.15, -0.1) is 0 Å². The molecule has 1 heterocycles. The van der Waals surface area contributed by atoms with Crippen molar-refractivity contribution >= 4 is 0 Å². The summed E-state index contributed by atoms with van der Waals surface area (Å²) in [6, 6.07) is 12.4. The second-order valence-electron chi connectivity index (χ2n) is 6.74. The number of methoxy groups -OCH3 is 2. The quantitative estimate of drug-likeness (QED) is 0.743. The lowest BCUT2D eigenvalue weighted by atomic mass is 9.85. The van der Waals surface area contributed by atoms with Crippen LogP contribution in [0.3, 0.4) is 0 Å². The molecule has 0 saturated carbocycles. The number of ether oxygens (including phenoxy) is 4. The van der Waals surface area contributed by atoms with Gasteiger partial charge in [0, 0.05) is 0 Å². The average molecular weight is 342 g/mol. The third-order valence-electron chi connectivity index (χ3n) is 4.97. The molecule has 2 aromatic carbocycles. The van der Waals surface area contributed by atoms with Crippen LogP contribution in [0.15, 0.2) is 36.4 Å². The van der Waals surface area contributed by atoms with Crippen molar-refractivity contribution in [2.45, 2.75) is 26.7 Å². The SMILES string of the molecule is COc1ccc(C[C@@H](C)[C@H](C)Cc2ccc3c(c2)OCO3)cc1OC. The summed E-state index contributed by atoms with van der Waals surface area (Å²) >= 11 is 0. The van der Waals surface area contributed by atoms with Crippen LogP contribution in [0.5, 0.6) is 23.0 Å². The Hall–Kier alpha value is -2.36. The molecule has 0 unspecified atom stereocenters. The Labute approximate surface area is 149 Å². The Balaban J connectivity index is 1.63. The minimum Gasteiger partial charge on any atom is -0.493 e. The van der Waals surface area contributed by atoms with Crippen molar-refractivity contribution < 1.29 is 18.9 Å². The summed E-state index contributed by atoms with van der Waals surface area (Å²) in [6.07, 6.45) is 2.02. The fourth-order valence-corrected chi connectivity index (χ4v) is 3.22. The standard InChI is InChI=1S/C21H26O4/c1-14(9-16-5-7-18(22-3)20(11-16)23-4)15(2)10-17-6-8-19-21(12-17)25-13-24-19/h5-8,11-12,14-15H,9-10,13H2,1-4H3/t14-,15-/m1/s1. The van der Waals surface area contributed by atoms with Gasteiger partial charge in [0.1, 0.15) is 0 Å². The molecule has 0 radical (unpaired) electrons. The zero-order chi connectivity index (χ0) is 17.8. The van der Waals surface area contributed by atoms with Crippen LogP contribution in [0.25, 0.3) is 0 Å². The van der Waals surface area contributed by atoms with Gasteiger partial charge < -0.3 is 18.9 Å². The zero-order valence-corrected chi connectivity index (χ0v) is 15.4. The van der Waals surface area contributed by atoms with E-state index in [1.54, 1.807) is 14.2 Å². The molecule has 0 N–H and O–H groups in total. The fourth-order valence-electron chi connectivity index (χ4n) is 3.22. The lowest BCUT2D eigenvalue weighted by Crippen LogP contribution is -2.13. The summed E-state index contributed by atoms with van der Waals surface area (Å²) < 4.78 is 21.6. The van der Waals surface area contributed by atoms with E-state index in [9.17, 15) is 0 Å². The molecule has 0 spiro atoms. The maximum Gasteiger partial charge on any atom is 0.231 e. The molecule has 1 aliphatic heterocycles. The van der Waals surface area contributed by atoms with Gasteiger partial charge in [0.15, 0.2) is 23.0 Å². The first-order valence-corrected chi connectivity index (χ1v) is 8.70. The van der Waals surface area contributed by atoms with Crippen molar-refractivity contribution in [3.63, 3.8) is 0 Å². The van der Waals surface area contributed by atoms with E-state index >= 15 is 0 Å². The highest BCUT2D eigenvalue weighted by Gasteiger charge is 2.18. The maximum absolute atomic E-state index is 5.48. The number of benzene rings is 2. The van der Waals surface area contributed by atoms with Crippen molar-refractivity contribution in [1.82, 2.24) is 0 Å². The van der Waals surface area contributed by atoms with Gasteiger partial charge in [0.05, 0.1) is 14.2 Å². The molecule has 2 atom stereocenters. The first-order chi connectivity index (χ1) is 12.1. The van der Waals surface area contributed by atoms with Gasteiger partial charge in [0.2, 0.25) is 6.79 Å². The molecular formula is C21H26O4. The van der Waals surface area contributed by atoms with E-state index in [0.29, 0.717) is 18.6 Å². The summed E-state index contributed by atoms with van der Waals surface area (Å²) in [7, 11) is 3.33. The summed E-state index contributed by atoms with van der Waals surface area (Å²) in [5.41, 5.74) is 2.55. The molecular weight excluding hydrogens is 316 g/mol. The fraction of sp³-hybridized carbons (Fsp3) is 0.429. The monoisotopic (exact) mass is 342 g/mol. The molecule has 1 aliphatic rings. The average Bonchev–Trinajstić information content (AvgIpc) is 3.09. The molecule has 0 amide bonds. The molecule has 25 heavy (non-hydrogen) atoms. The molecule has 0 aromatic heterocycles. The van der Waals surface area contributed by atoms with E-state index in [-0.39, 0.29) is 0 Å². The third-order valence-corrected chi connectivity index (χ3v) is 4.97. The lowest BCUT2D eigenvalue weighted by Gasteiger charge is -2.21.